The number of sulfone groups is 1. The van der Waals surface area contributed by atoms with E-state index in [4.69, 9.17) is 19.6 Å². The van der Waals surface area contributed by atoms with Crippen LogP contribution in [0.15, 0.2) is 130 Å². The lowest BCUT2D eigenvalue weighted by Crippen LogP contribution is -2.46. The molecule has 20 heteroatoms. The van der Waals surface area contributed by atoms with Crippen LogP contribution in [0.3, 0.4) is 0 Å². The van der Waals surface area contributed by atoms with Crippen molar-refractivity contribution < 1.29 is 41.8 Å². The minimum absolute atomic E-state index is 0.0592. The lowest BCUT2D eigenvalue weighted by atomic mass is 10.0. The van der Waals surface area contributed by atoms with Crippen LogP contribution in [-0.2, 0) is 23.1 Å². The third-order valence-corrected chi connectivity index (χ3v) is 24.3. The second kappa shape index (κ2) is 23.7. The van der Waals surface area contributed by atoms with Gasteiger partial charge in [0.1, 0.15) is 17.1 Å². The van der Waals surface area contributed by atoms with E-state index < -0.39 is 47.8 Å². The van der Waals surface area contributed by atoms with Gasteiger partial charge in [-0.3, -0.25) is 19.4 Å². The molecule has 8 rings (SSSR count). The first-order valence-electron chi connectivity index (χ1n) is 26.4. The average Bonchev–Trinajstić information content (AvgIpc) is 4.02. The van der Waals surface area contributed by atoms with Crippen LogP contribution < -0.4 is 26.7 Å². The van der Waals surface area contributed by atoms with Crippen molar-refractivity contribution in [1.82, 2.24) is 14.9 Å². The van der Waals surface area contributed by atoms with Gasteiger partial charge in [-0.05, 0) is 149 Å². The number of nitrogens with one attached hydrogen (secondary N) is 3. The second-order valence-corrected chi connectivity index (χ2v) is 32.2. The van der Waals surface area contributed by atoms with Crippen molar-refractivity contribution in [2.45, 2.75) is 111 Å². The van der Waals surface area contributed by atoms with E-state index in [2.05, 4.69) is 54.5 Å². The summed E-state index contributed by atoms with van der Waals surface area (Å²) in [5, 5.41) is 17.8. The maximum Gasteiger partial charge on any atom is 0.410 e. The minimum Gasteiger partial charge on any atom is -0.506 e. The van der Waals surface area contributed by atoms with E-state index in [0.29, 0.717) is 57.5 Å². The number of anilines is 3. The summed E-state index contributed by atoms with van der Waals surface area (Å²) in [6.07, 6.45) is 2.54. The molecule has 0 aliphatic carbocycles. The molecular formula is C60H70N6O10S3Si. The van der Waals surface area contributed by atoms with Gasteiger partial charge in [-0.1, -0.05) is 51.1 Å². The molecule has 5 aromatic carbocycles. The number of rotatable bonds is 19. The number of nitrogens with two attached hydrogens (primary N) is 1. The Hall–Kier alpha value is -6.84. The molecule has 0 spiro atoms. The summed E-state index contributed by atoms with van der Waals surface area (Å²) in [6, 6.07) is 30.1. The number of pyridine rings is 2. The van der Waals surface area contributed by atoms with E-state index in [9.17, 15) is 32.7 Å². The number of hydrogen-bond donors (Lipinski definition) is 5. The van der Waals surface area contributed by atoms with Crippen molar-refractivity contribution in [3.8, 4) is 11.5 Å². The van der Waals surface area contributed by atoms with Crippen LogP contribution >= 0.6 is 23.5 Å². The van der Waals surface area contributed by atoms with Gasteiger partial charge in [0.2, 0.25) is 15.4 Å². The highest BCUT2D eigenvalue weighted by molar-refractivity contribution is 8.20. The molecule has 1 aliphatic rings. The Kier molecular flexibility index (Phi) is 17.6. The largest absolute Gasteiger partial charge is 0.506 e. The normalized spacial score (nSPS) is 14.2. The van der Waals surface area contributed by atoms with Crippen LogP contribution in [0.5, 0.6) is 11.5 Å². The fourth-order valence-corrected chi connectivity index (χ4v) is 15.4. The standard InChI is InChI=1S/C60H70N6O10S3Si/c1-37-31-44(34-47-52(37)62-35-48(55(61)69)53(47)63-41-16-14-17-42(33-41)74-8)79(72,73)43-18-13-15-38(32-43)56(70)64-40-21-19-39(20-22-40)60(77-29-30-78-60)27-11-12-28-66(57(71)75-58(2,3)4)36-50(76-80(9,10)59(5,6)7)45-23-25-49(67)54-46(45)24-26-51(68)65-54/h13-26,31-35,50,67H,11-12,27-30,36H2,1-10H3,(H2,61,69)(H,62,63)(H,64,70)(H,65,68)/t50-/m0/s1. The van der Waals surface area contributed by atoms with E-state index >= 15 is 0 Å². The summed E-state index contributed by atoms with van der Waals surface area (Å²) in [4.78, 5) is 61.9. The third kappa shape index (κ3) is 13.3. The number of hydrogen-bond acceptors (Lipinski definition) is 14. The monoisotopic (exact) mass is 1160 g/mol. The number of aryl methyl sites for hydroxylation is 1. The molecule has 1 fully saturated rings. The predicted octanol–water partition coefficient (Wildman–Crippen LogP) is 12.8. The number of phenolic OH excluding ortho intramolecular Hbond substituents is 1. The highest BCUT2D eigenvalue weighted by atomic mass is 32.2. The lowest BCUT2D eigenvalue weighted by molar-refractivity contribution is 0.0153. The van der Waals surface area contributed by atoms with E-state index in [1.165, 1.54) is 49.7 Å². The fraction of sp³-hybridized carbons (Fsp3) is 0.350. The lowest BCUT2D eigenvalue weighted by Gasteiger charge is -2.41. The minimum atomic E-state index is -4.23. The van der Waals surface area contributed by atoms with Gasteiger partial charge in [-0.2, -0.15) is 0 Å². The maximum absolute atomic E-state index is 14.4. The smallest absolute Gasteiger partial charge is 0.410 e. The van der Waals surface area contributed by atoms with Gasteiger partial charge in [0.15, 0.2) is 8.32 Å². The van der Waals surface area contributed by atoms with Gasteiger partial charge in [-0.25, -0.2) is 13.2 Å². The number of primary amides is 1. The van der Waals surface area contributed by atoms with Crippen LogP contribution in [0.1, 0.15) is 104 Å². The Labute approximate surface area is 477 Å². The van der Waals surface area contributed by atoms with Gasteiger partial charge in [0.25, 0.3) is 11.8 Å². The first-order chi connectivity index (χ1) is 37.7. The quantitative estimate of drug-likeness (QED) is 0.0375. The van der Waals surface area contributed by atoms with Crippen molar-refractivity contribution in [3.63, 3.8) is 0 Å². The van der Waals surface area contributed by atoms with Gasteiger partial charge in [-0.15, -0.1) is 23.5 Å². The summed E-state index contributed by atoms with van der Waals surface area (Å²) < 4.78 is 47.1. The number of unbranched alkanes of at least 4 members (excludes halogenated alkanes) is 1. The topological polar surface area (TPSA) is 232 Å². The summed E-state index contributed by atoms with van der Waals surface area (Å²) in [5.41, 5.74) is 9.43. The molecule has 6 N–H and O–H groups in total. The molecular weight excluding hydrogens is 1090 g/mol. The molecule has 0 bridgehead atoms. The van der Waals surface area contributed by atoms with Gasteiger partial charge in [0, 0.05) is 64.1 Å². The van der Waals surface area contributed by atoms with Crippen LogP contribution in [0.4, 0.5) is 21.9 Å². The van der Waals surface area contributed by atoms with Crippen molar-refractivity contribution in [2.75, 3.05) is 42.3 Å². The molecule has 0 saturated carbocycles. The van der Waals surface area contributed by atoms with E-state index in [1.807, 2.05) is 68.6 Å². The number of benzene rings is 5. The van der Waals surface area contributed by atoms with Crippen LogP contribution in [0.2, 0.25) is 18.1 Å². The molecule has 7 aromatic rings. The SMILES string of the molecule is COc1cccc(Nc2c(C(N)=O)cnc3c(C)cc(S(=O)(=O)c4cccc(C(=O)Nc5ccc(C6(CCCCN(C[C@H](O[Si](C)(C)C(C)(C)C)c7ccc(O)c8[nH]c(=O)ccc78)C(=O)OC(C)(C)C)SCCS6)cc5)c4)cc23)c1. The molecule has 1 atom stereocenters. The number of aromatic nitrogens is 2. The fourth-order valence-electron chi connectivity index (χ4n) is 9.35. The van der Waals surface area contributed by atoms with E-state index in [1.54, 1.807) is 60.4 Å². The summed E-state index contributed by atoms with van der Waals surface area (Å²) >= 11 is 3.76. The van der Waals surface area contributed by atoms with E-state index in [-0.39, 0.29) is 53.6 Å². The average molecular weight is 1160 g/mol. The summed E-state index contributed by atoms with van der Waals surface area (Å²) in [7, 11) is -5.16. The summed E-state index contributed by atoms with van der Waals surface area (Å²) in [5.74, 6) is 1.16. The Morgan fingerprint density at radius 3 is 2.26 bits per heavy atom. The predicted molar refractivity (Wildman–Crippen MR) is 323 cm³/mol. The number of fused-ring (bicyclic) bond motifs is 2. The van der Waals surface area contributed by atoms with Crippen LogP contribution in [0, 0.1) is 6.92 Å². The number of amides is 3. The molecule has 1 aliphatic heterocycles. The zero-order valence-corrected chi connectivity index (χ0v) is 50.3. The molecule has 0 unspecified atom stereocenters. The third-order valence-electron chi connectivity index (χ3n) is 14.5. The van der Waals surface area contributed by atoms with Crippen molar-refractivity contribution >= 4 is 98.5 Å². The van der Waals surface area contributed by atoms with Gasteiger partial charge < -0.3 is 45.3 Å². The van der Waals surface area contributed by atoms with Crippen molar-refractivity contribution in [3.05, 3.63) is 154 Å². The molecule has 422 valence electrons. The number of methoxy groups -OCH3 is 1. The Morgan fingerprint density at radius 2 is 1.59 bits per heavy atom. The number of aromatic hydroxyl groups is 1. The van der Waals surface area contributed by atoms with Gasteiger partial charge >= 0.3 is 6.09 Å². The van der Waals surface area contributed by atoms with Crippen LogP contribution in [0.25, 0.3) is 21.8 Å². The number of phenols is 1. The number of nitrogens with zero attached hydrogens (tertiary/aromatic N) is 2. The summed E-state index contributed by atoms with van der Waals surface area (Å²) in [6.45, 7) is 18.6. The Balaban J connectivity index is 0.979. The zero-order valence-electron chi connectivity index (χ0n) is 46.8. The second-order valence-electron chi connectivity index (χ2n) is 22.5. The van der Waals surface area contributed by atoms with Gasteiger partial charge in [0.05, 0.1) is 55.9 Å². The highest BCUT2D eigenvalue weighted by Gasteiger charge is 2.41. The molecule has 3 heterocycles. The zero-order chi connectivity index (χ0) is 58.0. The molecule has 2 aromatic heterocycles. The van der Waals surface area contributed by atoms with Crippen molar-refractivity contribution in [2.24, 2.45) is 5.73 Å². The number of carbonyl (C=O) groups is 3. The van der Waals surface area contributed by atoms with E-state index in [0.717, 1.165) is 35.5 Å². The highest BCUT2D eigenvalue weighted by Crippen LogP contribution is 2.55. The molecule has 16 nitrogen and oxygen atoms in total. The molecule has 0 radical (unpaired) electrons. The number of thioether (sulfide) groups is 2. The maximum atomic E-state index is 14.4. The molecule has 3 amide bonds. The van der Waals surface area contributed by atoms with Crippen molar-refractivity contribution in [1.29, 1.82) is 0 Å². The Bertz CT molecular complexity index is 3650. The Morgan fingerprint density at radius 1 is 0.875 bits per heavy atom. The number of H-pyrrole nitrogens is 1. The van der Waals surface area contributed by atoms with Crippen LogP contribution in [-0.4, -0.2) is 91.9 Å². The first-order valence-corrected chi connectivity index (χ1v) is 32.7. The number of ether oxygens (including phenoxy) is 2. The molecule has 80 heavy (non-hydrogen) atoms. The first kappa shape index (κ1) is 59.3. The number of aromatic amines is 1. The number of carbonyl (C=O) groups excluding carboxylic acids is 3. The molecule has 1 saturated heterocycles.